The van der Waals surface area contributed by atoms with Gasteiger partial charge in [-0.15, -0.1) is 0 Å². The van der Waals surface area contributed by atoms with E-state index in [1.807, 2.05) is 37.3 Å². The van der Waals surface area contributed by atoms with E-state index in [0.29, 0.717) is 46.5 Å². The highest BCUT2D eigenvalue weighted by Gasteiger charge is 2.24. The van der Waals surface area contributed by atoms with Gasteiger partial charge in [0, 0.05) is 24.6 Å². The van der Waals surface area contributed by atoms with Gasteiger partial charge in [-0.1, -0.05) is 41.9 Å². The molecule has 0 radical (unpaired) electrons. The Morgan fingerprint density at radius 2 is 1.83 bits per heavy atom. The smallest absolute Gasteiger partial charge is 0.363 e. The molecule has 0 bridgehead atoms. The summed E-state index contributed by atoms with van der Waals surface area (Å²) < 4.78 is 17.1. The van der Waals surface area contributed by atoms with Crippen molar-refractivity contribution in [3.05, 3.63) is 94.1 Å². The zero-order chi connectivity index (χ0) is 25.5. The molecule has 0 fully saturated rings. The number of rotatable bonds is 9. The van der Waals surface area contributed by atoms with E-state index < -0.39 is 5.97 Å². The molecule has 0 saturated carbocycles. The average molecular weight is 505 g/mol. The number of nitrogens with one attached hydrogen (secondary N) is 1. The summed E-state index contributed by atoms with van der Waals surface area (Å²) in [6.07, 6.45) is 2.31. The minimum atomic E-state index is -0.576. The summed E-state index contributed by atoms with van der Waals surface area (Å²) in [5.74, 6) is 0.365. The predicted octanol–water partition coefficient (Wildman–Crippen LogP) is 5.66. The summed E-state index contributed by atoms with van der Waals surface area (Å²) in [6, 6.07) is 20.3. The van der Waals surface area contributed by atoms with Crippen molar-refractivity contribution in [3.8, 4) is 11.5 Å². The van der Waals surface area contributed by atoms with Crippen molar-refractivity contribution in [2.75, 3.05) is 18.5 Å². The largest absolute Gasteiger partial charge is 0.490 e. The van der Waals surface area contributed by atoms with Crippen LogP contribution in [0.3, 0.4) is 0 Å². The van der Waals surface area contributed by atoms with E-state index in [1.54, 1.807) is 42.5 Å². The highest BCUT2D eigenvalue weighted by atomic mass is 35.5. The van der Waals surface area contributed by atoms with Crippen LogP contribution in [0.2, 0.25) is 5.02 Å². The molecule has 8 heteroatoms. The molecule has 3 aromatic carbocycles. The number of halogens is 1. The number of carbonyl (C=O) groups excluding carboxylic acids is 2. The second-order valence-electron chi connectivity index (χ2n) is 7.94. The molecule has 0 atom stereocenters. The van der Waals surface area contributed by atoms with Gasteiger partial charge in [-0.2, -0.15) is 0 Å². The molecular formula is C28H25ClN2O5. The molecule has 1 heterocycles. The normalized spacial score (nSPS) is 13.8. The van der Waals surface area contributed by atoms with Crippen molar-refractivity contribution in [2.45, 2.75) is 20.3 Å². The molecule has 3 aromatic rings. The van der Waals surface area contributed by atoms with Gasteiger partial charge in [0.2, 0.25) is 11.8 Å². The van der Waals surface area contributed by atoms with E-state index in [-0.39, 0.29) is 17.5 Å². The summed E-state index contributed by atoms with van der Waals surface area (Å²) in [5.41, 5.74) is 3.15. The van der Waals surface area contributed by atoms with E-state index >= 15 is 0 Å². The first-order valence-corrected chi connectivity index (χ1v) is 11.8. The molecule has 0 saturated heterocycles. The quantitative estimate of drug-likeness (QED) is 0.300. The first-order valence-electron chi connectivity index (χ1n) is 11.5. The summed E-state index contributed by atoms with van der Waals surface area (Å²) in [4.78, 5) is 28.0. The maximum absolute atomic E-state index is 12.5. The molecule has 1 N–H and O–H groups in total. The van der Waals surface area contributed by atoms with Gasteiger partial charge in [-0.25, -0.2) is 9.79 Å². The van der Waals surface area contributed by atoms with E-state index in [1.165, 1.54) is 6.92 Å². The fourth-order valence-electron chi connectivity index (χ4n) is 3.58. The third-order valence-corrected chi connectivity index (χ3v) is 5.47. The van der Waals surface area contributed by atoms with Gasteiger partial charge in [-0.3, -0.25) is 4.79 Å². The maximum Gasteiger partial charge on any atom is 0.363 e. The fraction of sp³-hybridized carbons (Fsp3) is 0.179. The Morgan fingerprint density at radius 3 is 2.53 bits per heavy atom. The molecule has 0 aliphatic carbocycles. The van der Waals surface area contributed by atoms with Gasteiger partial charge < -0.3 is 19.5 Å². The number of aliphatic imine (C=N–C) groups is 1. The van der Waals surface area contributed by atoms with Crippen LogP contribution in [0.1, 0.15) is 30.5 Å². The van der Waals surface area contributed by atoms with Gasteiger partial charge in [0.25, 0.3) is 0 Å². The van der Waals surface area contributed by atoms with Crippen LogP contribution in [0.15, 0.2) is 77.4 Å². The standard InChI is InChI=1S/C28H25ClN2O5/c1-3-34-25-17-20(15-23(29)26(25)35-14-13-19-7-5-4-6-8-19)16-24-28(33)36-27(31-24)21-9-11-22(12-10-21)30-18(2)32/h4-12,15-17H,3,13-14H2,1-2H3,(H,30,32)/b24-16-. The molecule has 1 aliphatic rings. The number of carbonyl (C=O) groups is 2. The van der Waals surface area contributed by atoms with Crippen LogP contribution in [0.5, 0.6) is 11.5 Å². The number of ether oxygens (including phenoxy) is 3. The van der Waals surface area contributed by atoms with Gasteiger partial charge >= 0.3 is 5.97 Å². The van der Waals surface area contributed by atoms with Crippen molar-refractivity contribution < 1.29 is 23.8 Å². The molecule has 4 rings (SSSR count). The van der Waals surface area contributed by atoms with E-state index in [4.69, 9.17) is 25.8 Å². The lowest BCUT2D eigenvalue weighted by molar-refractivity contribution is -0.129. The Hall–Kier alpha value is -4.10. The predicted molar refractivity (Wildman–Crippen MR) is 140 cm³/mol. The molecule has 0 unspecified atom stereocenters. The van der Waals surface area contributed by atoms with Gasteiger partial charge in [0.1, 0.15) is 0 Å². The van der Waals surface area contributed by atoms with Crippen LogP contribution < -0.4 is 14.8 Å². The van der Waals surface area contributed by atoms with E-state index in [2.05, 4.69) is 10.3 Å². The minimum absolute atomic E-state index is 0.132. The summed E-state index contributed by atoms with van der Waals surface area (Å²) in [5, 5.41) is 3.05. The highest BCUT2D eigenvalue weighted by molar-refractivity contribution is 6.32. The number of hydrogen-bond acceptors (Lipinski definition) is 6. The maximum atomic E-state index is 12.5. The number of benzene rings is 3. The van der Waals surface area contributed by atoms with Gasteiger partial charge in [0.05, 0.1) is 18.2 Å². The van der Waals surface area contributed by atoms with Crippen LogP contribution in [0.4, 0.5) is 5.69 Å². The monoisotopic (exact) mass is 504 g/mol. The Morgan fingerprint density at radius 1 is 1.08 bits per heavy atom. The highest BCUT2D eigenvalue weighted by Crippen LogP contribution is 2.37. The molecule has 0 spiro atoms. The van der Waals surface area contributed by atoms with E-state index in [9.17, 15) is 9.59 Å². The molecule has 184 valence electrons. The zero-order valence-corrected chi connectivity index (χ0v) is 20.7. The molecule has 1 aliphatic heterocycles. The summed E-state index contributed by atoms with van der Waals surface area (Å²) in [6.45, 7) is 4.16. The summed E-state index contributed by atoms with van der Waals surface area (Å²) >= 11 is 6.53. The number of hydrogen-bond donors (Lipinski definition) is 1. The number of esters is 1. The second-order valence-corrected chi connectivity index (χ2v) is 8.35. The van der Waals surface area contributed by atoms with Crippen molar-refractivity contribution in [3.63, 3.8) is 0 Å². The van der Waals surface area contributed by atoms with Crippen LogP contribution in [-0.2, 0) is 20.7 Å². The first-order chi connectivity index (χ1) is 17.4. The SMILES string of the molecule is CCOc1cc(/C=C2\N=C(c3ccc(NC(C)=O)cc3)OC2=O)cc(Cl)c1OCCc1ccccc1. The molecular weight excluding hydrogens is 480 g/mol. The second kappa shape index (κ2) is 11.6. The zero-order valence-electron chi connectivity index (χ0n) is 19.9. The number of nitrogens with zero attached hydrogens (tertiary/aromatic N) is 1. The lowest BCUT2D eigenvalue weighted by Crippen LogP contribution is -2.07. The van der Waals surface area contributed by atoms with Crippen LogP contribution in [-0.4, -0.2) is 31.0 Å². The van der Waals surface area contributed by atoms with Crippen molar-refractivity contribution in [1.29, 1.82) is 0 Å². The minimum Gasteiger partial charge on any atom is -0.490 e. The molecule has 36 heavy (non-hydrogen) atoms. The third kappa shape index (κ3) is 6.31. The number of cyclic esters (lactones) is 1. The lowest BCUT2D eigenvalue weighted by atomic mass is 10.1. The lowest BCUT2D eigenvalue weighted by Gasteiger charge is -2.14. The average Bonchev–Trinajstić information content (AvgIpc) is 3.21. The van der Waals surface area contributed by atoms with Crippen molar-refractivity contribution in [2.24, 2.45) is 4.99 Å². The van der Waals surface area contributed by atoms with Crippen molar-refractivity contribution in [1.82, 2.24) is 0 Å². The Balaban J connectivity index is 1.53. The number of amides is 1. The summed E-state index contributed by atoms with van der Waals surface area (Å²) in [7, 11) is 0. The molecule has 1 amide bonds. The Kier molecular flexibility index (Phi) is 8.02. The Labute approximate surface area is 214 Å². The first kappa shape index (κ1) is 25.0. The van der Waals surface area contributed by atoms with Gasteiger partial charge in [0.15, 0.2) is 17.2 Å². The van der Waals surface area contributed by atoms with Crippen LogP contribution >= 0.6 is 11.6 Å². The van der Waals surface area contributed by atoms with Crippen molar-refractivity contribution >= 4 is 41.1 Å². The number of anilines is 1. The van der Waals surface area contributed by atoms with Gasteiger partial charge in [-0.05, 0) is 60.5 Å². The molecule has 7 nitrogen and oxygen atoms in total. The van der Waals surface area contributed by atoms with Crippen LogP contribution in [0, 0.1) is 0 Å². The third-order valence-electron chi connectivity index (χ3n) is 5.19. The molecule has 0 aromatic heterocycles. The van der Waals surface area contributed by atoms with E-state index in [0.717, 1.165) is 12.0 Å². The topological polar surface area (TPSA) is 86.2 Å². The Bertz CT molecular complexity index is 1320. The van der Waals surface area contributed by atoms with Crippen LogP contribution in [0.25, 0.3) is 6.08 Å². The fourth-order valence-corrected chi connectivity index (χ4v) is 3.85.